The summed E-state index contributed by atoms with van der Waals surface area (Å²) in [5.74, 6) is -1.22. The molecule has 32 heavy (non-hydrogen) atoms. The minimum atomic E-state index is -3.82. The molecule has 1 unspecified atom stereocenters. The number of carboxylic acids is 1. The zero-order valence-corrected chi connectivity index (χ0v) is 19.6. The maximum absolute atomic E-state index is 13.7. The van der Waals surface area contributed by atoms with E-state index in [2.05, 4.69) is 20.7 Å². The normalized spacial score (nSPS) is 12.4. The topological polar surface area (TPSA) is 83.5 Å². The zero-order valence-electron chi connectivity index (χ0n) is 17.2. The lowest BCUT2D eigenvalue weighted by molar-refractivity contribution is -0.137. The molecule has 0 aromatic heterocycles. The highest BCUT2D eigenvalue weighted by molar-refractivity contribution is 9.10. The predicted octanol–water partition coefficient (Wildman–Crippen LogP) is 5.26. The third kappa shape index (κ3) is 6.98. The number of aliphatic carboxylic acids is 1. The lowest BCUT2D eigenvalue weighted by Gasteiger charge is -2.20. The van der Waals surface area contributed by atoms with Crippen molar-refractivity contribution in [3.8, 4) is 0 Å². The van der Waals surface area contributed by atoms with Crippen molar-refractivity contribution >= 4 is 31.9 Å². The monoisotopic (exact) mass is 519 g/mol. The van der Waals surface area contributed by atoms with Crippen molar-refractivity contribution in [2.75, 3.05) is 0 Å². The molecular formula is C24H23BrFNO4S. The first kappa shape index (κ1) is 24.1. The largest absolute Gasteiger partial charge is 0.481 e. The minimum Gasteiger partial charge on any atom is -0.481 e. The number of sulfonamides is 1. The van der Waals surface area contributed by atoms with Crippen LogP contribution in [0, 0.1) is 5.82 Å². The maximum atomic E-state index is 13.7. The molecule has 0 bridgehead atoms. The fourth-order valence-corrected chi connectivity index (χ4v) is 4.85. The minimum absolute atomic E-state index is 0.0942. The molecule has 0 aliphatic heterocycles. The van der Waals surface area contributed by atoms with Gasteiger partial charge >= 0.3 is 5.97 Å². The Kier molecular flexibility index (Phi) is 8.17. The summed E-state index contributed by atoms with van der Waals surface area (Å²) in [5.41, 5.74) is 2.37. The SMILES string of the molecule is O=C(O)CCCc1ccc(C(Cc2cccc(F)c2)NS(=O)(=O)c2ccc(Br)cc2)cc1. The van der Waals surface area contributed by atoms with Crippen LogP contribution in [0.5, 0.6) is 0 Å². The van der Waals surface area contributed by atoms with Crippen LogP contribution in [-0.4, -0.2) is 19.5 Å². The van der Waals surface area contributed by atoms with Crippen LogP contribution in [0.2, 0.25) is 0 Å². The van der Waals surface area contributed by atoms with Crippen molar-refractivity contribution in [3.63, 3.8) is 0 Å². The summed E-state index contributed by atoms with van der Waals surface area (Å²) in [5, 5.41) is 8.79. The van der Waals surface area contributed by atoms with Crippen molar-refractivity contribution in [1.29, 1.82) is 0 Å². The smallest absolute Gasteiger partial charge is 0.303 e. The molecule has 168 valence electrons. The number of halogens is 2. The molecule has 0 saturated carbocycles. The quantitative estimate of drug-likeness (QED) is 0.382. The van der Waals surface area contributed by atoms with Crippen molar-refractivity contribution < 1.29 is 22.7 Å². The average Bonchev–Trinajstić information content (AvgIpc) is 2.74. The molecule has 1 atom stereocenters. The van der Waals surface area contributed by atoms with E-state index in [1.807, 2.05) is 24.3 Å². The van der Waals surface area contributed by atoms with Gasteiger partial charge in [-0.25, -0.2) is 17.5 Å². The number of carbonyl (C=O) groups is 1. The second-order valence-electron chi connectivity index (χ2n) is 7.45. The summed E-state index contributed by atoms with van der Waals surface area (Å²) >= 11 is 3.30. The Morgan fingerprint density at radius 2 is 1.69 bits per heavy atom. The van der Waals surface area contributed by atoms with Crippen LogP contribution < -0.4 is 4.72 Å². The second kappa shape index (κ2) is 10.8. The average molecular weight is 520 g/mol. The number of aryl methyl sites for hydroxylation is 1. The van der Waals surface area contributed by atoms with Gasteiger partial charge in [-0.1, -0.05) is 52.3 Å². The third-order valence-corrected chi connectivity index (χ3v) is 7.00. The van der Waals surface area contributed by atoms with Crippen molar-refractivity contribution in [3.05, 3.63) is 99.8 Å². The number of hydrogen-bond donors (Lipinski definition) is 2. The van der Waals surface area contributed by atoms with Crippen LogP contribution in [0.4, 0.5) is 4.39 Å². The van der Waals surface area contributed by atoms with Crippen LogP contribution >= 0.6 is 15.9 Å². The van der Waals surface area contributed by atoms with Gasteiger partial charge in [0.1, 0.15) is 5.82 Å². The van der Waals surface area contributed by atoms with E-state index in [1.54, 1.807) is 24.3 Å². The molecule has 0 saturated heterocycles. The molecule has 0 spiro atoms. The van der Waals surface area contributed by atoms with Gasteiger partial charge < -0.3 is 5.11 Å². The number of carboxylic acid groups (broad SMARTS) is 1. The molecule has 0 radical (unpaired) electrons. The van der Waals surface area contributed by atoms with Crippen molar-refractivity contribution in [2.24, 2.45) is 0 Å². The van der Waals surface area contributed by atoms with Gasteiger partial charge in [0.05, 0.1) is 10.9 Å². The number of hydrogen-bond acceptors (Lipinski definition) is 3. The van der Waals surface area contributed by atoms with E-state index in [-0.39, 0.29) is 23.6 Å². The van der Waals surface area contributed by atoms with Crippen molar-refractivity contribution in [2.45, 2.75) is 36.6 Å². The zero-order chi connectivity index (χ0) is 23.1. The van der Waals surface area contributed by atoms with Gasteiger partial charge in [0.15, 0.2) is 0 Å². The van der Waals surface area contributed by atoms with Gasteiger partial charge in [0.25, 0.3) is 0 Å². The highest BCUT2D eigenvalue weighted by Crippen LogP contribution is 2.24. The van der Waals surface area contributed by atoms with Gasteiger partial charge in [0.2, 0.25) is 10.0 Å². The first-order valence-corrected chi connectivity index (χ1v) is 12.3. The van der Waals surface area contributed by atoms with E-state index in [0.717, 1.165) is 15.6 Å². The van der Waals surface area contributed by atoms with Gasteiger partial charge in [-0.05, 0) is 72.4 Å². The Morgan fingerprint density at radius 1 is 1.00 bits per heavy atom. The Morgan fingerprint density at radius 3 is 2.31 bits per heavy atom. The summed E-state index contributed by atoms with van der Waals surface area (Å²) in [4.78, 5) is 10.8. The molecule has 0 heterocycles. The second-order valence-corrected chi connectivity index (χ2v) is 10.1. The van der Waals surface area contributed by atoms with Gasteiger partial charge in [-0.15, -0.1) is 0 Å². The van der Waals surface area contributed by atoms with Gasteiger partial charge in [0, 0.05) is 10.9 Å². The Labute approximate surface area is 195 Å². The standard InChI is InChI=1S/C24H23BrFNO4S/c25-20-11-13-22(14-12-20)32(30,31)27-23(16-18-4-1-5-21(26)15-18)19-9-7-17(8-10-19)3-2-6-24(28)29/h1,4-5,7-15,23,27H,2-3,6,16H2,(H,28,29). The summed E-state index contributed by atoms with van der Waals surface area (Å²) in [7, 11) is -3.82. The van der Waals surface area contributed by atoms with Crippen molar-refractivity contribution in [1.82, 2.24) is 4.72 Å². The third-order valence-electron chi connectivity index (χ3n) is 4.99. The molecule has 5 nitrogen and oxygen atoms in total. The number of benzene rings is 3. The van der Waals surface area contributed by atoms with E-state index >= 15 is 0 Å². The first-order chi connectivity index (χ1) is 15.2. The molecule has 0 aliphatic carbocycles. The Balaban J connectivity index is 1.85. The highest BCUT2D eigenvalue weighted by Gasteiger charge is 2.22. The molecular weight excluding hydrogens is 497 g/mol. The van der Waals surface area contributed by atoms with Crippen LogP contribution in [0.1, 0.15) is 35.6 Å². The maximum Gasteiger partial charge on any atom is 0.303 e. The summed E-state index contributed by atoms with van der Waals surface area (Å²) in [6.45, 7) is 0. The lowest BCUT2D eigenvalue weighted by atomic mass is 9.97. The molecule has 0 aliphatic rings. The summed E-state index contributed by atoms with van der Waals surface area (Å²) < 4.78 is 43.2. The molecule has 0 fully saturated rings. The van der Waals surface area contributed by atoms with Crippen LogP contribution in [0.25, 0.3) is 0 Å². The molecule has 3 aromatic carbocycles. The Hall–Kier alpha value is -2.55. The molecule has 3 rings (SSSR count). The predicted molar refractivity (Wildman–Crippen MR) is 124 cm³/mol. The summed E-state index contributed by atoms with van der Waals surface area (Å²) in [6.07, 6.45) is 1.51. The molecule has 3 aromatic rings. The summed E-state index contributed by atoms with van der Waals surface area (Å²) in [6, 6.07) is 19.2. The van der Waals surface area contributed by atoms with E-state index in [9.17, 15) is 17.6 Å². The van der Waals surface area contributed by atoms with Crippen LogP contribution in [0.15, 0.2) is 82.2 Å². The number of nitrogens with one attached hydrogen (secondary N) is 1. The fraction of sp³-hybridized carbons (Fsp3) is 0.208. The van der Waals surface area contributed by atoms with Crippen LogP contribution in [0.3, 0.4) is 0 Å². The lowest BCUT2D eigenvalue weighted by Crippen LogP contribution is -2.30. The van der Waals surface area contributed by atoms with E-state index < -0.39 is 22.0 Å². The Bertz CT molecular complexity index is 1170. The molecule has 8 heteroatoms. The van der Waals surface area contributed by atoms with E-state index in [0.29, 0.717) is 18.4 Å². The highest BCUT2D eigenvalue weighted by atomic mass is 79.9. The molecule has 0 amide bonds. The van der Waals surface area contributed by atoms with Crippen LogP contribution in [-0.2, 0) is 27.7 Å². The van der Waals surface area contributed by atoms with E-state index in [1.165, 1.54) is 24.3 Å². The fourth-order valence-electron chi connectivity index (χ4n) is 3.36. The van der Waals surface area contributed by atoms with Gasteiger partial charge in [-0.3, -0.25) is 4.79 Å². The van der Waals surface area contributed by atoms with Gasteiger partial charge in [-0.2, -0.15) is 0 Å². The first-order valence-electron chi connectivity index (χ1n) is 10.1. The molecule has 2 N–H and O–H groups in total. The number of rotatable bonds is 10. The van der Waals surface area contributed by atoms with E-state index in [4.69, 9.17) is 5.11 Å².